The van der Waals surface area contributed by atoms with Gasteiger partial charge >= 0.3 is 12.0 Å². The molecule has 1 aliphatic heterocycles. The third-order valence-corrected chi connectivity index (χ3v) is 4.44. The Hall–Kier alpha value is -2.83. The summed E-state index contributed by atoms with van der Waals surface area (Å²) in [5.74, 6) is -1.11. The van der Waals surface area contributed by atoms with Crippen molar-refractivity contribution in [3.63, 3.8) is 0 Å². The molecule has 2 N–H and O–H groups in total. The summed E-state index contributed by atoms with van der Waals surface area (Å²) < 4.78 is 1.84. The van der Waals surface area contributed by atoms with Crippen molar-refractivity contribution in [1.29, 1.82) is 0 Å². The number of carbonyl (C=O) groups is 2. The quantitative estimate of drug-likeness (QED) is 0.869. The first kappa shape index (κ1) is 17.0. The molecule has 0 saturated carbocycles. The van der Waals surface area contributed by atoms with Crippen molar-refractivity contribution in [3.05, 3.63) is 53.9 Å². The van der Waals surface area contributed by atoms with E-state index in [0.29, 0.717) is 39.0 Å². The number of urea groups is 1. The normalized spacial score (nSPS) is 15.1. The van der Waals surface area contributed by atoms with Gasteiger partial charge in [0.1, 0.15) is 0 Å². The van der Waals surface area contributed by atoms with Crippen molar-refractivity contribution >= 4 is 12.0 Å². The lowest BCUT2D eigenvalue weighted by atomic mass is 9.97. The molecule has 3 rings (SSSR count). The summed E-state index contributed by atoms with van der Waals surface area (Å²) in [6.45, 7) is 2.01. The monoisotopic (exact) mass is 342 g/mol. The first-order valence-electron chi connectivity index (χ1n) is 8.43. The van der Waals surface area contributed by atoms with E-state index in [-0.39, 0.29) is 11.9 Å². The van der Waals surface area contributed by atoms with Crippen LogP contribution in [0.3, 0.4) is 0 Å². The number of nitrogens with one attached hydrogen (secondary N) is 1. The van der Waals surface area contributed by atoms with Gasteiger partial charge in [0.05, 0.1) is 24.7 Å². The number of amides is 2. The van der Waals surface area contributed by atoms with Crippen molar-refractivity contribution < 1.29 is 14.7 Å². The van der Waals surface area contributed by atoms with Crippen molar-refractivity contribution in [3.8, 4) is 0 Å². The van der Waals surface area contributed by atoms with E-state index in [4.69, 9.17) is 5.11 Å². The van der Waals surface area contributed by atoms with Crippen molar-refractivity contribution in [2.45, 2.75) is 25.9 Å². The summed E-state index contributed by atoms with van der Waals surface area (Å²) in [4.78, 5) is 24.8. The molecule has 1 aromatic heterocycles. The summed E-state index contributed by atoms with van der Waals surface area (Å²) in [7, 11) is 0. The minimum Gasteiger partial charge on any atom is -0.481 e. The van der Waals surface area contributed by atoms with E-state index in [0.717, 1.165) is 5.69 Å². The highest BCUT2D eigenvalue weighted by Crippen LogP contribution is 2.17. The van der Waals surface area contributed by atoms with Gasteiger partial charge in [0.2, 0.25) is 0 Å². The van der Waals surface area contributed by atoms with E-state index in [2.05, 4.69) is 10.4 Å². The molecule has 0 bridgehead atoms. The lowest BCUT2D eigenvalue weighted by Crippen LogP contribution is -2.45. The predicted octanol–water partition coefficient (Wildman–Crippen LogP) is 1.94. The van der Waals surface area contributed by atoms with Crippen molar-refractivity contribution in [1.82, 2.24) is 20.0 Å². The van der Waals surface area contributed by atoms with Gasteiger partial charge in [-0.15, -0.1) is 0 Å². The third kappa shape index (κ3) is 4.59. The maximum absolute atomic E-state index is 12.2. The second-order valence-electron chi connectivity index (χ2n) is 6.25. The fourth-order valence-electron chi connectivity index (χ4n) is 2.96. The molecule has 0 atom stereocenters. The van der Waals surface area contributed by atoms with Gasteiger partial charge in [-0.2, -0.15) is 5.10 Å². The number of carbonyl (C=O) groups excluding carboxylic acids is 1. The number of carboxylic acid groups (broad SMARTS) is 1. The molecule has 0 unspecified atom stereocenters. The topological polar surface area (TPSA) is 87.5 Å². The molecule has 2 aromatic rings. The summed E-state index contributed by atoms with van der Waals surface area (Å²) in [5.41, 5.74) is 1.96. The van der Waals surface area contributed by atoms with Gasteiger partial charge in [-0.3, -0.25) is 9.48 Å². The number of rotatable bonds is 5. The number of likely N-dealkylation sites (tertiary alicyclic amines) is 1. The highest BCUT2D eigenvalue weighted by Gasteiger charge is 2.26. The van der Waals surface area contributed by atoms with Gasteiger partial charge in [-0.25, -0.2) is 4.79 Å². The average Bonchev–Trinajstić information content (AvgIpc) is 3.08. The number of carboxylic acids is 1. The van der Waals surface area contributed by atoms with Crippen LogP contribution in [0.5, 0.6) is 0 Å². The molecule has 0 aliphatic carbocycles. The Morgan fingerprint density at radius 1 is 1.16 bits per heavy atom. The van der Waals surface area contributed by atoms with Crippen LogP contribution in [0.25, 0.3) is 0 Å². The fourth-order valence-corrected chi connectivity index (χ4v) is 2.96. The zero-order valence-corrected chi connectivity index (χ0v) is 14.0. The first-order valence-corrected chi connectivity index (χ1v) is 8.43. The summed E-state index contributed by atoms with van der Waals surface area (Å²) >= 11 is 0. The number of aliphatic carboxylic acids is 1. The molecular formula is C18H22N4O3. The highest BCUT2D eigenvalue weighted by atomic mass is 16.4. The Kier molecular flexibility index (Phi) is 5.33. The summed E-state index contributed by atoms with van der Waals surface area (Å²) in [6.07, 6.45) is 2.91. The van der Waals surface area contributed by atoms with E-state index in [1.807, 2.05) is 47.3 Å². The van der Waals surface area contributed by atoms with Crippen molar-refractivity contribution in [2.75, 3.05) is 13.1 Å². The Labute approximate surface area is 146 Å². The standard InChI is InChI=1S/C18H22N4O3/c23-17(24)15-6-9-21(10-7-15)18(25)19-12-16-8-11-22(20-16)13-14-4-2-1-3-5-14/h1-5,8,11,15H,6-7,9-10,12-13H2,(H,19,25)(H,23,24). The van der Waals surface area contributed by atoms with E-state index >= 15 is 0 Å². The second-order valence-corrected chi connectivity index (χ2v) is 6.25. The first-order chi connectivity index (χ1) is 12.1. The molecular weight excluding hydrogens is 320 g/mol. The van der Waals surface area contributed by atoms with Gasteiger partial charge in [0, 0.05) is 19.3 Å². The Balaban J connectivity index is 1.46. The van der Waals surface area contributed by atoms with Crippen LogP contribution in [0, 0.1) is 5.92 Å². The number of nitrogens with zero attached hydrogens (tertiary/aromatic N) is 3. The van der Waals surface area contributed by atoms with Crippen LogP contribution in [-0.2, 0) is 17.9 Å². The van der Waals surface area contributed by atoms with Gasteiger partial charge in [0.25, 0.3) is 0 Å². The molecule has 1 saturated heterocycles. The summed E-state index contributed by atoms with van der Waals surface area (Å²) in [6, 6.07) is 11.8. The van der Waals surface area contributed by atoms with Crippen LogP contribution in [0.4, 0.5) is 4.79 Å². The van der Waals surface area contributed by atoms with E-state index in [9.17, 15) is 9.59 Å². The Morgan fingerprint density at radius 2 is 1.88 bits per heavy atom. The zero-order chi connectivity index (χ0) is 17.6. The minimum atomic E-state index is -0.774. The fraction of sp³-hybridized carbons (Fsp3) is 0.389. The molecule has 1 aliphatic rings. The van der Waals surface area contributed by atoms with Crippen LogP contribution in [0.2, 0.25) is 0 Å². The van der Waals surface area contributed by atoms with Gasteiger partial charge < -0.3 is 15.3 Å². The van der Waals surface area contributed by atoms with Crippen LogP contribution in [-0.4, -0.2) is 44.9 Å². The van der Waals surface area contributed by atoms with Crippen LogP contribution in [0.15, 0.2) is 42.6 Å². The molecule has 1 fully saturated rings. The molecule has 0 spiro atoms. The Morgan fingerprint density at radius 3 is 2.56 bits per heavy atom. The Bertz CT molecular complexity index is 721. The molecule has 7 heteroatoms. The minimum absolute atomic E-state index is 0.165. The molecule has 25 heavy (non-hydrogen) atoms. The largest absolute Gasteiger partial charge is 0.481 e. The van der Waals surface area contributed by atoms with E-state index in [1.165, 1.54) is 5.56 Å². The molecule has 2 amide bonds. The maximum atomic E-state index is 12.2. The number of aromatic nitrogens is 2. The lowest BCUT2D eigenvalue weighted by Gasteiger charge is -2.30. The molecule has 0 radical (unpaired) electrons. The van der Waals surface area contributed by atoms with Crippen LogP contribution >= 0.6 is 0 Å². The molecule has 1 aromatic carbocycles. The summed E-state index contributed by atoms with van der Waals surface area (Å²) in [5, 5.41) is 16.3. The van der Waals surface area contributed by atoms with Crippen LogP contribution in [0.1, 0.15) is 24.1 Å². The maximum Gasteiger partial charge on any atom is 0.317 e. The predicted molar refractivity (Wildman–Crippen MR) is 91.9 cm³/mol. The molecule has 132 valence electrons. The zero-order valence-electron chi connectivity index (χ0n) is 14.0. The van der Waals surface area contributed by atoms with E-state index in [1.54, 1.807) is 4.90 Å². The van der Waals surface area contributed by atoms with Gasteiger partial charge in [-0.1, -0.05) is 30.3 Å². The lowest BCUT2D eigenvalue weighted by molar-refractivity contribution is -0.143. The third-order valence-electron chi connectivity index (χ3n) is 4.44. The van der Waals surface area contributed by atoms with Crippen LogP contribution < -0.4 is 5.32 Å². The number of hydrogen-bond donors (Lipinski definition) is 2. The second kappa shape index (κ2) is 7.83. The van der Waals surface area contributed by atoms with Crippen molar-refractivity contribution in [2.24, 2.45) is 5.92 Å². The number of piperidine rings is 1. The average molecular weight is 342 g/mol. The molecule has 7 nitrogen and oxygen atoms in total. The molecule has 2 heterocycles. The smallest absolute Gasteiger partial charge is 0.317 e. The number of benzene rings is 1. The van der Waals surface area contributed by atoms with Gasteiger partial charge in [-0.05, 0) is 24.5 Å². The highest BCUT2D eigenvalue weighted by molar-refractivity contribution is 5.75. The number of hydrogen-bond acceptors (Lipinski definition) is 3. The SMILES string of the molecule is O=C(O)C1CCN(C(=O)NCc2ccn(Cc3ccccc3)n2)CC1. The van der Waals surface area contributed by atoms with E-state index < -0.39 is 5.97 Å². The van der Waals surface area contributed by atoms with Gasteiger partial charge in [0.15, 0.2) is 0 Å².